The van der Waals surface area contributed by atoms with Gasteiger partial charge in [-0.15, -0.1) is 0 Å². The van der Waals surface area contributed by atoms with Crippen LogP contribution in [0.4, 0.5) is 11.4 Å². The van der Waals surface area contributed by atoms with E-state index in [0.29, 0.717) is 10.1 Å². The molecular weight excluding hydrogens is 424 g/mol. The van der Waals surface area contributed by atoms with E-state index in [2.05, 4.69) is 84.9 Å². The molecule has 1 heterocycles. The average Bonchev–Trinajstić information content (AvgIpc) is 3.01. The number of carbonyl (C=O) groups is 1. The van der Waals surface area contributed by atoms with Gasteiger partial charge >= 0.3 is 0 Å². The summed E-state index contributed by atoms with van der Waals surface area (Å²) >= 11 is 1.45. The second-order valence-corrected chi connectivity index (χ2v) is 10.1. The van der Waals surface area contributed by atoms with Crippen LogP contribution in [0.3, 0.4) is 0 Å². The SMILES string of the molecule is Cc1ccc(/C=C2/SC(=Nc3c(C)cc(C)cc3C)N(c3c(C)cc(C)cc3C)C2=O)cc1. The number of hydrogen-bond acceptors (Lipinski definition) is 3. The molecule has 168 valence electrons. The van der Waals surface area contributed by atoms with Crippen LogP contribution in [0, 0.1) is 48.5 Å². The number of hydrogen-bond donors (Lipinski definition) is 0. The van der Waals surface area contributed by atoms with Crippen LogP contribution < -0.4 is 4.90 Å². The molecule has 4 heteroatoms. The Bertz CT molecular complexity index is 1270. The van der Waals surface area contributed by atoms with Crippen molar-refractivity contribution in [3.63, 3.8) is 0 Å². The van der Waals surface area contributed by atoms with Crippen LogP contribution in [-0.4, -0.2) is 11.1 Å². The van der Waals surface area contributed by atoms with Crippen molar-refractivity contribution in [2.24, 2.45) is 4.99 Å². The molecule has 1 aliphatic rings. The van der Waals surface area contributed by atoms with Gasteiger partial charge in [-0.1, -0.05) is 65.2 Å². The number of aryl methyl sites for hydroxylation is 7. The summed E-state index contributed by atoms with van der Waals surface area (Å²) in [5, 5.41) is 0.698. The highest BCUT2D eigenvalue weighted by Crippen LogP contribution is 2.41. The number of anilines is 1. The van der Waals surface area contributed by atoms with Crippen molar-refractivity contribution in [1.29, 1.82) is 0 Å². The number of aliphatic imine (C=N–C) groups is 1. The van der Waals surface area contributed by atoms with Crippen molar-refractivity contribution in [1.82, 2.24) is 0 Å². The predicted molar refractivity (Wildman–Crippen MR) is 143 cm³/mol. The van der Waals surface area contributed by atoms with Gasteiger partial charge in [0.1, 0.15) is 0 Å². The Morgan fingerprint density at radius 3 is 1.79 bits per heavy atom. The molecule has 1 fully saturated rings. The summed E-state index contributed by atoms with van der Waals surface area (Å²) in [5.41, 5.74) is 10.8. The molecule has 0 bridgehead atoms. The summed E-state index contributed by atoms with van der Waals surface area (Å²) in [6, 6.07) is 16.8. The zero-order chi connectivity index (χ0) is 23.9. The minimum atomic E-state index is -0.0307. The summed E-state index contributed by atoms with van der Waals surface area (Å²) in [6.45, 7) is 14.5. The molecule has 3 aromatic rings. The van der Waals surface area contributed by atoms with Gasteiger partial charge in [0.05, 0.1) is 16.3 Å². The molecule has 0 aromatic heterocycles. The van der Waals surface area contributed by atoms with E-state index in [1.807, 2.05) is 18.2 Å². The van der Waals surface area contributed by atoms with Crippen LogP contribution in [0.25, 0.3) is 6.08 Å². The highest BCUT2D eigenvalue weighted by Gasteiger charge is 2.36. The van der Waals surface area contributed by atoms with Crippen LogP contribution in [0.2, 0.25) is 0 Å². The number of thioether (sulfide) groups is 1. The summed E-state index contributed by atoms with van der Waals surface area (Å²) < 4.78 is 0. The van der Waals surface area contributed by atoms with E-state index >= 15 is 0 Å². The number of amides is 1. The number of nitrogens with zero attached hydrogens (tertiary/aromatic N) is 2. The van der Waals surface area contributed by atoms with Gasteiger partial charge < -0.3 is 0 Å². The van der Waals surface area contributed by atoms with Crippen molar-refractivity contribution in [3.8, 4) is 0 Å². The molecule has 4 rings (SSSR count). The zero-order valence-corrected chi connectivity index (χ0v) is 21.2. The molecule has 0 spiro atoms. The van der Waals surface area contributed by atoms with Gasteiger partial charge in [-0.25, -0.2) is 4.99 Å². The van der Waals surface area contributed by atoms with Crippen molar-refractivity contribution < 1.29 is 4.79 Å². The summed E-state index contributed by atoms with van der Waals surface area (Å²) in [5.74, 6) is -0.0307. The Labute approximate surface area is 201 Å². The van der Waals surface area contributed by atoms with E-state index in [4.69, 9.17) is 4.99 Å². The molecule has 3 nitrogen and oxygen atoms in total. The van der Waals surface area contributed by atoms with Gasteiger partial charge in [-0.3, -0.25) is 9.69 Å². The van der Waals surface area contributed by atoms with Crippen molar-refractivity contribution in [3.05, 3.63) is 97.9 Å². The Hall–Kier alpha value is -3.11. The summed E-state index contributed by atoms with van der Waals surface area (Å²) in [4.78, 5) is 21.3. The lowest BCUT2D eigenvalue weighted by Gasteiger charge is -2.21. The standard InChI is InChI=1S/C29H30N2OS/c1-17-8-10-24(11-9-17)16-25-28(32)31(27-22(6)14-19(3)15-23(27)7)29(33-25)30-26-20(4)12-18(2)13-21(26)5/h8-16H,1-7H3/b25-16+,30-29?. The first-order valence-electron chi connectivity index (χ1n) is 11.2. The van der Waals surface area contributed by atoms with Gasteiger partial charge in [-0.05, 0) is 94.1 Å². The number of carbonyl (C=O) groups excluding carboxylic acids is 1. The molecule has 33 heavy (non-hydrogen) atoms. The molecule has 0 radical (unpaired) electrons. The third kappa shape index (κ3) is 4.67. The smallest absolute Gasteiger partial charge is 0.268 e. The van der Waals surface area contributed by atoms with E-state index in [-0.39, 0.29) is 5.91 Å². The maximum Gasteiger partial charge on any atom is 0.271 e. The lowest BCUT2D eigenvalue weighted by Crippen LogP contribution is -2.30. The first kappa shape index (κ1) is 23.1. The fraction of sp³-hybridized carbons (Fsp3) is 0.241. The predicted octanol–water partition coefficient (Wildman–Crippen LogP) is 7.65. The van der Waals surface area contributed by atoms with Gasteiger partial charge in [0.25, 0.3) is 5.91 Å². The minimum absolute atomic E-state index is 0.0307. The van der Waals surface area contributed by atoms with E-state index in [1.165, 1.54) is 28.5 Å². The van der Waals surface area contributed by atoms with Gasteiger partial charge in [0.15, 0.2) is 5.17 Å². The van der Waals surface area contributed by atoms with E-state index in [0.717, 1.165) is 39.2 Å². The topological polar surface area (TPSA) is 32.7 Å². The van der Waals surface area contributed by atoms with Gasteiger partial charge in [0, 0.05) is 0 Å². The minimum Gasteiger partial charge on any atom is -0.268 e. The lowest BCUT2D eigenvalue weighted by atomic mass is 10.0. The fourth-order valence-corrected chi connectivity index (χ4v) is 5.50. The maximum atomic E-state index is 13.7. The summed E-state index contributed by atoms with van der Waals surface area (Å²) in [6.07, 6.45) is 1.97. The maximum absolute atomic E-state index is 13.7. The second-order valence-electron chi connectivity index (χ2n) is 9.05. The molecular formula is C29H30N2OS. The van der Waals surface area contributed by atoms with E-state index < -0.39 is 0 Å². The Kier molecular flexibility index (Phi) is 6.31. The fourth-order valence-electron chi connectivity index (χ4n) is 4.53. The van der Waals surface area contributed by atoms with Crippen molar-refractivity contribution in [2.45, 2.75) is 48.5 Å². The Morgan fingerprint density at radius 1 is 0.727 bits per heavy atom. The monoisotopic (exact) mass is 454 g/mol. The lowest BCUT2D eigenvalue weighted by molar-refractivity contribution is -0.113. The molecule has 0 unspecified atom stereocenters. The molecule has 0 atom stereocenters. The average molecular weight is 455 g/mol. The molecule has 0 N–H and O–H groups in total. The van der Waals surface area contributed by atoms with E-state index in [9.17, 15) is 4.79 Å². The highest BCUT2D eigenvalue weighted by molar-refractivity contribution is 8.19. The first-order valence-corrected chi connectivity index (χ1v) is 12.0. The van der Waals surface area contributed by atoms with Crippen LogP contribution >= 0.6 is 11.8 Å². The number of amidine groups is 1. The third-order valence-corrected chi connectivity index (χ3v) is 6.85. The number of benzene rings is 3. The normalized spacial score (nSPS) is 16.3. The van der Waals surface area contributed by atoms with Crippen molar-refractivity contribution >= 4 is 40.3 Å². The van der Waals surface area contributed by atoms with Gasteiger partial charge in [0.2, 0.25) is 0 Å². The van der Waals surface area contributed by atoms with Crippen LogP contribution in [0.15, 0.2) is 58.4 Å². The second kappa shape index (κ2) is 9.03. The van der Waals surface area contributed by atoms with Crippen molar-refractivity contribution in [2.75, 3.05) is 4.90 Å². The quantitative estimate of drug-likeness (QED) is 0.381. The molecule has 1 aliphatic heterocycles. The molecule has 1 saturated heterocycles. The van der Waals surface area contributed by atoms with Crippen LogP contribution in [0.1, 0.15) is 44.5 Å². The molecule has 0 aliphatic carbocycles. The number of rotatable bonds is 3. The zero-order valence-electron chi connectivity index (χ0n) is 20.4. The van der Waals surface area contributed by atoms with Gasteiger partial charge in [-0.2, -0.15) is 0 Å². The van der Waals surface area contributed by atoms with Crippen LogP contribution in [0.5, 0.6) is 0 Å². The molecule has 1 amide bonds. The largest absolute Gasteiger partial charge is 0.271 e. The first-order chi connectivity index (χ1) is 15.6. The Balaban J connectivity index is 1.89. The van der Waals surface area contributed by atoms with E-state index in [1.54, 1.807) is 4.90 Å². The third-order valence-electron chi connectivity index (χ3n) is 5.88. The van der Waals surface area contributed by atoms with Crippen LogP contribution in [-0.2, 0) is 4.79 Å². The molecule has 3 aromatic carbocycles. The summed E-state index contributed by atoms with van der Waals surface area (Å²) in [7, 11) is 0. The Morgan fingerprint density at radius 2 is 1.24 bits per heavy atom. The highest BCUT2D eigenvalue weighted by atomic mass is 32.2. The molecule has 0 saturated carbocycles.